The van der Waals surface area contributed by atoms with Gasteiger partial charge in [0.15, 0.2) is 11.5 Å². The second-order valence-corrected chi connectivity index (χ2v) is 5.12. The van der Waals surface area contributed by atoms with Crippen molar-refractivity contribution in [1.82, 2.24) is 4.57 Å². The maximum Gasteiger partial charge on any atom is 0.171 e. The molecule has 3 aromatic rings. The molecule has 0 aliphatic heterocycles. The topological polar surface area (TPSA) is 23.4 Å². The summed E-state index contributed by atoms with van der Waals surface area (Å²) in [6.45, 7) is 4.21. The number of para-hydroxylation sites is 1. The maximum atomic E-state index is 5.67. The molecule has 0 amide bonds. The second-order valence-electron chi connectivity index (χ2n) is 5.12. The molecule has 0 saturated carbocycles. The van der Waals surface area contributed by atoms with Crippen molar-refractivity contribution in [2.24, 2.45) is 7.05 Å². The summed E-state index contributed by atoms with van der Waals surface area (Å²) < 4.78 is 13.5. The average molecular weight is 269 g/mol. The summed E-state index contributed by atoms with van der Waals surface area (Å²) in [5, 5.41) is 2.33. The van der Waals surface area contributed by atoms with Crippen LogP contribution in [0.1, 0.15) is 11.1 Å². The molecular formula is C17H19NO2. The Balaban J connectivity index is 2.67. The van der Waals surface area contributed by atoms with Gasteiger partial charge in [0.25, 0.3) is 0 Å². The zero-order valence-electron chi connectivity index (χ0n) is 12.6. The van der Waals surface area contributed by atoms with Crippen molar-refractivity contribution < 1.29 is 9.47 Å². The van der Waals surface area contributed by atoms with Gasteiger partial charge >= 0.3 is 0 Å². The highest BCUT2D eigenvalue weighted by molar-refractivity contribution is 6.13. The lowest BCUT2D eigenvalue weighted by molar-refractivity contribution is 0.356. The van der Waals surface area contributed by atoms with Gasteiger partial charge in [0.05, 0.1) is 25.1 Å². The van der Waals surface area contributed by atoms with Crippen molar-refractivity contribution >= 4 is 21.8 Å². The molecule has 3 nitrogen and oxygen atoms in total. The molecule has 20 heavy (non-hydrogen) atoms. The fourth-order valence-electron chi connectivity index (χ4n) is 3.13. The van der Waals surface area contributed by atoms with Crippen LogP contribution in [0.4, 0.5) is 0 Å². The van der Waals surface area contributed by atoms with E-state index in [-0.39, 0.29) is 0 Å². The number of hydrogen-bond acceptors (Lipinski definition) is 2. The molecule has 0 atom stereocenters. The van der Waals surface area contributed by atoms with E-state index in [0.29, 0.717) is 0 Å². The SMILES string of the molecule is COc1c(C)c(C)c2c(c1OC)c1ccccc1n2C. The Kier molecular flexibility index (Phi) is 2.85. The summed E-state index contributed by atoms with van der Waals surface area (Å²) in [6.07, 6.45) is 0. The van der Waals surface area contributed by atoms with Crippen LogP contribution in [0, 0.1) is 13.8 Å². The third kappa shape index (κ3) is 1.46. The minimum Gasteiger partial charge on any atom is -0.493 e. The Morgan fingerprint density at radius 3 is 2.20 bits per heavy atom. The first-order valence-electron chi connectivity index (χ1n) is 6.70. The van der Waals surface area contributed by atoms with E-state index in [1.165, 1.54) is 22.0 Å². The highest BCUT2D eigenvalue weighted by Crippen LogP contribution is 2.45. The largest absolute Gasteiger partial charge is 0.493 e. The van der Waals surface area contributed by atoms with Gasteiger partial charge in [0.2, 0.25) is 0 Å². The Hall–Kier alpha value is -2.16. The Labute approximate surface area is 118 Å². The van der Waals surface area contributed by atoms with Crippen molar-refractivity contribution in [3.05, 3.63) is 35.4 Å². The number of aromatic nitrogens is 1. The number of aryl methyl sites for hydroxylation is 2. The first-order valence-corrected chi connectivity index (χ1v) is 6.70. The van der Waals surface area contributed by atoms with Crippen molar-refractivity contribution in [3.63, 3.8) is 0 Å². The van der Waals surface area contributed by atoms with Crippen LogP contribution in [0.2, 0.25) is 0 Å². The molecule has 0 unspecified atom stereocenters. The van der Waals surface area contributed by atoms with E-state index in [9.17, 15) is 0 Å². The summed E-state index contributed by atoms with van der Waals surface area (Å²) in [5.74, 6) is 1.65. The van der Waals surface area contributed by atoms with Crippen LogP contribution in [-0.2, 0) is 7.05 Å². The van der Waals surface area contributed by atoms with Crippen molar-refractivity contribution in [2.45, 2.75) is 13.8 Å². The van der Waals surface area contributed by atoms with Crippen LogP contribution in [0.5, 0.6) is 11.5 Å². The predicted octanol–water partition coefficient (Wildman–Crippen LogP) is 3.97. The first kappa shape index (κ1) is 12.9. The van der Waals surface area contributed by atoms with E-state index in [0.717, 1.165) is 22.4 Å². The predicted molar refractivity (Wildman–Crippen MR) is 83.0 cm³/mol. The molecule has 0 radical (unpaired) electrons. The van der Waals surface area contributed by atoms with E-state index >= 15 is 0 Å². The first-order chi connectivity index (χ1) is 9.61. The summed E-state index contributed by atoms with van der Waals surface area (Å²) in [6, 6.07) is 8.39. The van der Waals surface area contributed by atoms with Gasteiger partial charge in [0.1, 0.15) is 0 Å². The van der Waals surface area contributed by atoms with Gasteiger partial charge in [-0.3, -0.25) is 0 Å². The lowest BCUT2D eigenvalue weighted by atomic mass is 10.0. The second kappa shape index (κ2) is 4.44. The molecule has 0 spiro atoms. The molecular weight excluding hydrogens is 250 g/mol. The van der Waals surface area contributed by atoms with Crippen LogP contribution in [0.25, 0.3) is 21.8 Å². The van der Waals surface area contributed by atoms with Crippen molar-refractivity contribution in [2.75, 3.05) is 14.2 Å². The third-order valence-corrected chi connectivity index (χ3v) is 4.21. The van der Waals surface area contributed by atoms with Gasteiger partial charge < -0.3 is 14.0 Å². The van der Waals surface area contributed by atoms with Crippen LogP contribution in [0.3, 0.4) is 0 Å². The number of rotatable bonds is 2. The van der Waals surface area contributed by atoms with Gasteiger partial charge in [-0.1, -0.05) is 18.2 Å². The normalized spacial score (nSPS) is 11.2. The lowest BCUT2D eigenvalue weighted by Crippen LogP contribution is -1.98. The fourth-order valence-corrected chi connectivity index (χ4v) is 3.13. The monoisotopic (exact) mass is 269 g/mol. The minimum atomic E-state index is 0.822. The quantitative estimate of drug-likeness (QED) is 0.703. The average Bonchev–Trinajstić information content (AvgIpc) is 2.76. The Bertz CT molecular complexity index is 815. The fraction of sp³-hybridized carbons (Fsp3) is 0.294. The molecule has 0 saturated heterocycles. The number of methoxy groups -OCH3 is 2. The van der Waals surface area contributed by atoms with Crippen LogP contribution < -0.4 is 9.47 Å². The molecule has 2 aromatic carbocycles. The summed E-state index contributed by atoms with van der Waals surface area (Å²) >= 11 is 0. The standard InChI is InChI=1S/C17H19NO2/c1-10-11(2)16(19-4)17(20-5)14-12-8-6-7-9-13(12)18(3)15(10)14/h6-9H,1-5H3. The molecule has 3 rings (SSSR count). The molecule has 1 heterocycles. The lowest BCUT2D eigenvalue weighted by Gasteiger charge is -2.15. The van der Waals surface area contributed by atoms with Crippen LogP contribution >= 0.6 is 0 Å². The number of hydrogen-bond donors (Lipinski definition) is 0. The smallest absolute Gasteiger partial charge is 0.171 e. The summed E-state index contributed by atoms with van der Waals surface area (Å²) in [4.78, 5) is 0. The Morgan fingerprint density at radius 2 is 1.55 bits per heavy atom. The van der Waals surface area contributed by atoms with Gasteiger partial charge in [-0.15, -0.1) is 0 Å². The van der Waals surface area contributed by atoms with E-state index < -0.39 is 0 Å². The third-order valence-electron chi connectivity index (χ3n) is 4.21. The highest BCUT2D eigenvalue weighted by atomic mass is 16.5. The van der Waals surface area contributed by atoms with Gasteiger partial charge in [-0.05, 0) is 31.0 Å². The summed E-state index contributed by atoms with van der Waals surface area (Å²) in [5.41, 5.74) is 4.78. The van der Waals surface area contributed by atoms with Crippen molar-refractivity contribution in [3.8, 4) is 11.5 Å². The van der Waals surface area contributed by atoms with E-state index in [1.54, 1.807) is 14.2 Å². The molecule has 0 bridgehead atoms. The molecule has 0 N–H and O–H groups in total. The zero-order valence-corrected chi connectivity index (χ0v) is 12.6. The van der Waals surface area contributed by atoms with Crippen molar-refractivity contribution in [1.29, 1.82) is 0 Å². The molecule has 104 valence electrons. The molecule has 1 aromatic heterocycles. The van der Waals surface area contributed by atoms with Crippen LogP contribution in [-0.4, -0.2) is 18.8 Å². The zero-order chi connectivity index (χ0) is 14.4. The van der Waals surface area contributed by atoms with E-state index in [1.807, 2.05) is 0 Å². The summed E-state index contributed by atoms with van der Waals surface area (Å²) in [7, 11) is 5.50. The van der Waals surface area contributed by atoms with E-state index in [2.05, 4.69) is 49.7 Å². The van der Waals surface area contributed by atoms with Gasteiger partial charge in [-0.2, -0.15) is 0 Å². The number of fused-ring (bicyclic) bond motifs is 3. The minimum absolute atomic E-state index is 0.822. The number of nitrogens with zero attached hydrogens (tertiary/aromatic N) is 1. The highest BCUT2D eigenvalue weighted by Gasteiger charge is 2.21. The molecule has 0 fully saturated rings. The van der Waals surface area contributed by atoms with E-state index in [4.69, 9.17) is 9.47 Å². The van der Waals surface area contributed by atoms with Crippen LogP contribution in [0.15, 0.2) is 24.3 Å². The van der Waals surface area contributed by atoms with Gasteiger partial charge in [0, 0.05) is 18.0 Å². The van der Waals surface area contributed by atoms with Gasteiger partial charge in [-0.25, -0.2) is 0 Å². The molecule has 0 aliphatic rings. The molecule has 3 heteroatoms. The number of benzene rings is 2. The number of ether oxygens (including phenoxy) is 2. The maximum absolute atomic E-state index is 5.67. The molecule has 0 aliphatic carbocycles. The Morgan fingerprint density at radius 1 is 0.900 bits per heavy atom.